The summed E-state index contributed by atoms with van der Waals surface area (Å²) in [6.07, 6.45) is 1.02. The molecule has 72 valence electrons. The molecule has 1 heteroatoms. The van der Waals surface area contributed by atoms with Crippen molar-refractivity contribution in [2.45, 2.75) is 38.6 Å². The Morgan fingerprint density at radius 1 is 1.23 bits per heavy atom. The van der Waals surface area contributed by atoms with Crippen LogP contribution in [0.3, 0.4) is 0 Å². The molecule has 0 aliphatic heterocycles. The lowest BCUT2D eigenvalue weighted by molar-refractivity contribution is 0.437. The molecule has 0 saturated carbocycles. The number of benzene rings is 1. The lowest BCUT2D eigenvalue weighted by Gasteiger charge is -2.27. The smallest absolute Gasteiger partial charge is 0.00187 e. The predicted octanol–water partition coefficient (Wildman–Crippen LogP) is 2.70. The molecule has 13 heavy (non-hydrogen) atoms. The number of nitrogens with two attached hydrogens (primary N) is 1. The van der Waals surface area contributed by atoms with Crippen LogP contribution in [-0.2, 0) is 5.41 Å². The van der Waals surface area contributed by atoms with E-state index in [9.17, 15) is 0 Å². The highest BCUT2D eigenvalue weighted by molar-refractivity contribution is 5.23. The summed E-state index contributed by atoms with van der Waals surface area (Å²) in [6, 6.07) is 10.8. The standard InChI is InChI=1S/C12H19N/c1-10(13)9-12(2,3)11-7-5-4-6-8-11/h4-8,10H,9,13H2,1-3H3. The highest BCUT2D eigenvalue weighted by Crippen LogP contribution is 2.27. The summed E-state index contributed by atoms with van der Waals surface area (Å²) < 4.78 is 0. The van der Waals surface area contributed by atoms with Crippen molar-refractivity contribution >= 4 is 0 Å². The van der Waals surface area contributed by atoms with Gasteiger partial charge in [0.15, 0.2) is 0 Å². The molecule has 0 aromatic heterocycles. The van der Waals surface area contributed by atoms with Crippen LogP contribution in [0.4, 0.5) is 0 Å². The average Bonchev–Trinajstić information content (AvgIpc) is 2.04. The van der Waals surface area contributed by atoms with Crippen LogP contribution in [0.25, 0.3) is 0 Å². The normalized spacial score (nSPS) is 14.2. The molecule has 1 atom stereocenters. The van der Waals surface area contributed by atoms with Gasteiger partial charge in [-0.05, 0) is 24.3 Å². The van der Waals surface area contributed by atoms with Gasteiger partial charge in [-0.3, -0.25) is 0 Å². The third-order valence-corrected chi connectivity index (χ3v) is 2.39. The molecule has 0 spiro atoms. The zero-order valence-corrected chi connectivity index (χ0v) is 8.75. The first-order valence-corrected chi connectivity index (χ1v) is 4.83. The van der Waals surface area contributed by atoms with Gasteiger partial charge in [-0.2, -0.15) is 0 Å². The fourth-order valence-corrected chi connectivity index (χ4v) is 1.81. The quantitative estimate of drug-likeness (QED) is 0.754. The Bertz CT molecular complexity index is 249. The zero-order valence-electron chi connectivity index (χ0n) is 8.75. The second-order valence-corrected chi connectivity index (χ2v) is 4.43. The van der Waals surface area contributed by atoms with Crippen molar-refractivity contribution in [1.29, 1.82) is 0 Å². The van der Waals surface area contributed by atoms with Gasteiger partial charge in [0.05, 0.1) is 0 Å². The molecule has 0 amide bonds. The van der Waals surface area contributed by atoms with E-state index in [1.54, 1.807) is 0 Å². The van der Waals surface area contributed by atoms with Crippen LogP contribution in [-0.4, -0.2) is 6.04 Å². The molecule has 1 nitrogen and oxygen atoms in total. The average molecular weight is 177 g/mol. The Morgan fingerprint density at radius 3 is 2.23 bits per heavy atom. The second-order valence-electron chi connectivity index (χ2n) is 4.43. The fourth-order valence-electron chi connectivity index (χ4n) is 1.81. The van der Waals surface area contributed by atoms with Crippen LogP contribution in [0, 0.1) is 0 Å². The van der Waals surface area contributed by atoms with Gasteiger partial charge in [-0.25, -0.2) is 0 Å². The van der Waals surface area contributed by atoms with E-state index >= 15 is 0 Å². The van der Waals surface area contributed by atoms with E-state index in [4.69, 9.17) is 5.73 Å². The summed E-state index contributed by atoms with van der Waals surface area (Å²) in [5.41, 5.74) is 7.37. The molecule has 1 aromatic carbocycles. The SMILES string of the molecule is CC(N)CC(C)(C)c1ccccc1. The Balaban J connectivity index is 2.81. The van der Waals surface area contributed by atoms with Gasteiger partial charge in [-0.1, -0.05) is 44.2 Å². The van der Waals surface area contributed by atoms with E-state index < -0.39 is 0 Å². The van der Waals surface area contributed by atoms with Gasteiger partial charge in [0.25, 0.3) is 0 Å². The van der Waals surface area contributed by atoms with E-state index in [0.717, 1.165) is 6.42 Å². The van der Waals surface area contributed by atoms with Crippen molar-refractivity contribution in [3.8, 4) is 0 Å². The minimum atomic E-state index is 0.190. The first kappa shape index (κ1) is 10.3. The van der Waals surface area contributed by atoms with Gasteiger partial charge in [0, 0.05) is 6.04 Å². The van der Waals surface area contributed by atoms with Crippen LogP contribution < -0.4 is 5.73 Å². The maximum atomic E-state index is 5.82. The zero-order chi connectivity index (χ0) is 9.90. The molecule has 0 radical (unpaired) electrons. The Morgan fingerprint density at radius 2 is 1.77 bits per heavy atom. The van der Waals surface area contributed by atoms with Gasteiger partial charge in [0.1, 0.15) is 0 Å². The first-order chi connectivity index (χ1) is 6.02. The minimum Gasteiger partial charge on any atom is -0.328 e. The first-order valence-electron chi connectivity index (χ1n) is 4.83. The fraction of sp³-hybridized carbons (Fsp3) is 0.500. The van der Waals surface area contributed by atoms with Gasteiger partial charge < -0.3 is 5.73 Å². The number of rotatable bonds is 3. The van der Waals surface area contributed by atoms with Gasteiger partial charge >= 0.3 is 0 Å². The highest BCUT2D eigenvalue weighted by Gasteiger charge is 2.21. The van der Waals surface area contributed by atoms with Crippen LogP contribution in [0.5, 0.6) is 0 Å². The third kappa shape index (κ3) is 2.85. The van der Waals surface area contributed by atoms with Gasteiger partial charge in [0.2, 0.25) is 0 Å². The van der Waals surface area contributed by atoms with Crippen LogP contribution in [0.1, 0.15) is 32.8 Å². The third-order valence-electron chi connectivity index (χ3n) is 2.39. The van der Waals surface area contributed by atoms with Crippen molar-refractivity contribution < 1.29 is 0 Å². The summed E-state index contributed by atoms with van der Waals surface area (Å²) in [5.74, 6) is 0. The van der Waals surface area contributed by atoms with Crippen LogP contribution >= 0.6 is 0 Å². The molecule has 1 unspecified atom stereocenters. The summed E-state index contributed by atoms with van der Waals surface area (Å²) in [6.45, 7) is 6.54. The number of hydrogen-bond donors (Lipinski definition) is 1. The Kier molecular flexibility index (Phi) is 3.10. The molecule has 1 rings (SSSR count). The molecule has 1 aromatic rings. The molecule has 0 aliphatic rings. The molecule has 0 heterocycles. The topological polar surface area (TPSA) is 26.0 Å². The molecule has 0 aliphatic carbocycles. The summed E-state index contributed by atoms with van der Waals surface area (Å²) in [4.78, 5) is 0. The monoisotopic (exact) mass is 177 g/mol. The van der Waals surface area contributed by atoms with E-state index in [0.29, 0.717) is 0 Å². The summed E-state index contributed by atoms with van der Waals surface area (Å²) in [7, 11) is 0. The van der Waals surface area contributed by atoms with Gasteiger partial charge in [-0.15, -0.1) is 0 Å². The van der Waals surface area contributed by atoms with Crippen molar-refractivity contribution in [2.24, 2.45) is 5.73 Å². The largest absolute Gasteiger partial charge is 0.328 e. The Labute approximate surface area is 81.0 Å². The lowest BCUT2D eigenvalue weighted by Crippen LogP contribution is -2.28. The van der Waals surface area contributed by atoms with E-state index in [-0.39, 0.29) is 11.5 Å². The summed E-state index contributed by atoms with van der Waals surface area (Å²) in [5, 5.41) is 0. The molecular weight excluding hydrogens is 158 g/mol. The predicted molar refractivity (Wildman–Crippen MR) is 57.7 cm³/mol. The van der Waals surface area contributed by atoms with Crippen LogP contribution in [0.15, 0.2) is 30.3 Å². The van der Waals surface area contributed by atoms with E-state index in [2.05, 4.69) is 45.0 Å². The second kappa shape index (κ2) is 3.93. The van der Waals surface area contributed by atoms with Crippen LogP contribution in [0.2, 0.25) is 0 Å². The molecule has 0 fully saturated rings. The maximum absolute atomic E-state index is 5.82. The lowest BCUT2D eigenvalue weighted by atomic mass is 9.79. The van der Waals surface area contributed by atoms with E-state index in [1.165, 1.54) is 5.56 Å². The number of hydrogen-bond acceptors (Lipinski definition) is 1. The highest BCUT2D eigenvalue weighted by atomic mass is 14.6. The van der Waals surface area contributed by atoms with Crippen molar-refractivity contribution in [2.75, 3.05) is 0 Å². The minimum absolute atomic E-state index is 0.190. The van der Waals surface area contributed by atoms with Crippen molar-refractivity contribution in [1.82, 2.24) is 0 Å². The molecule has 2 N–H and O–H groups in total. The van der Waals surface area contributed by atoms with Crippen molar-refractivity contribution in [3.63, 3.8) is 0 Å². The summed E-state index contributed by atoms with van der Waals surface area (Å²) >= 11 is 0. The molecular formula is C12H19N. The van der Waals surface area contributed by atoms with Crippen molar-refractivity contribution in [3.05, 3.63) is 35.9 Å². The molecule has 0 bridgehead atoms. The Hall–Kier alpha value is -0.820. The maximum Gasteiger partial charge on any atom is 0.00187 e. The van der Waals surface area contributed by atoms with E-state index in [1.807, 2.05) is 6.07 Å². The molecule has 0 saturated heterocycles.